The number of hydrogen-bond donors (Lipinski definition) is 0. The predicted octanol–water partition coefficient (Wildman–Crippen LogP) is 2.14. The van der Waals surface area contributed by atoms with Crippen molar-refractivity contribution >= 4 is 17.8 Å². The van der Waals surface area contributed by atoms with E-state index in [0.717, 1.165) is 76.2 Å². The van der Waals surface area contributed by atoms with Crippen LogP contribution in [-0.4, -0.2) is 71.9 Å². The molecule has 0 aromatic carbocycles. The molecule has 29 heavy (non-hydrogen) atoms. The molecule has 158 valence electrons. The fourth-order valence-electron chi connectivity index (χ4n) is 5.15. The standard InChI is InChI=1S/C22H33N5O2/c1-25(2)21-23-15-17-8-11-22(20(17)24-21)10-6-13-27(16-22)19(29)9-14-26-12-5-3-4-7-18(26)28/h15H,3-14,16H2,1-2H3. The number of rotatable bonds is 4. The van der Waals surface area contributed by atoms with Gasteiger partial charge in [-0.3, -0.25) is 9.59 Å². The number of fused-ring (bicyclic) bond motifs is 2. The van der Waals surface area contributed by atoms with Crippen LogP contribution in [0.15, 0.2) is 6.20 Å². The molecule has 7 nitrogen and oxygen atoms in total. The molecule has 1 atom stereocenters. The summed E-state index contributed by atoms with van der Waals surface area (Å²) < 4.78 is 0. The summed E-state index contributed by atoms with van der Waals surface area (Å²) in [4.78, 5) is 40.4. The second kappa shape index (κ2) is 8.28. The molecular formula is C22H33N5O2. The van der Waals surface area contributed by atoms with Gasteiger partial charge in [0.25, 0.3) is 0 Å². The highest BCUT2D eigenvalue weighted by atomic mass is 16.2. The van der Waals surface area contributed by atoms with Gasteiger partial charge in [0.1, 0.15) is 0 Å². The first-order valence-electron chi connectivity index (χ1n) is 11.1. The van der Waals surface area contributed by atoms with E-state index >= 15 is 0 Å². The Morgan fingerprint density at radius 3 is 2.83 bits per heavy atom. The fraction of sp³-hybridized carbons (Fsp3) is 0.727. The van der Waals surface area contributed by atoms with E-state index in [4.69, 9.17) is 4.98 Å². The van der Waals surface area contributed by atoms with Gasteiger partial charge in [0, 0.05) is 64.7 Å². The van der Waals surface area contributed by atoms with E-state index in [1.54, 1.807) is 0 Å². The lowest BCUT2D eigenvalue weighted by atomic mass is 9.77. The first kappa shape index (κ1) is 20.1. The van der Waals surface area contributed by atoms with Crippen molar-refractivity contribution in [3.8, 4) is 0 Å². The Balaban J connectivity index is 1.43. The van der Waals surface area contributed by atoms with Gasteiger partial charge >= 0.3 is 0 Å². The number of likely N-dealkylation sites (tertiary alicyclic amines) is 2. The van der Waals surface area contributed by atoms with Crippen LogP contribution in [-0.2, 0) is 21.4 Å². The number of carbonyl (C=O) groups excluding carboxylic acids is 2. The minimum atomic E-state index is -0.0324. The number of nitrogens with zero attached hydrogens (tertiary/aromatic N) is 5. The van der Waals surface area contributed by atoms with Gasteiger partial charge in [-0.15, -0.1) is 0 Å². The van der Waals surface area contributed by atoms with Gasteiger partial charge in [0.2, 0.25) is 17.8 Å². The molecule has 2 saturated heterocycles. The van der Waals surface area contributed by atoms with Crippen LogP contribution >= 0.6 is 0 Å². The van der Waals surface area contributed by atoms with Gasteiger partial charge in [-0.05, 0) is 44.1 Å². The smallest absolute Gasteiger partial charge is 0.225 e. The van der Waals surface area contributed by atoms with E-state index in [9.17, 15) is 9.59 Å². The number of carbonyl (C=O) groups is 2. The number of piperidine rings is 1. The topological polar surface area (TPSA) is 69.6 Å². The molecule has 0 N–H and O–H groups in total. The number of aromatic nitrogens is 2. The Morgan fingerprint density at radius 1 is 1.14 bits per heavy atom. The minimum Gasteiger partial charge on any atom is -0.347 e. The third-order valence-corrected chi connectivity index (χ3v) is 6.82. The van der Waals surface area contributed by atoms with Crippen LogP contribution in [0.5, 0.6) is 0 Å². The number of hydrogen-bond acceptors (Lipinski definition) is 5. The Morgan fingerprint density at radius 2 is 2.00 bits per heavy atom. The van der Waals surface area contributed by atoms with Crippen LogP contribution in [0.25, 0.3) is 0 Å². The van der Waals surface area contributed by atoms with Gasteiger partial charge in [-0.1, -0.05) is 6.42 Å². The van der Waals surface area contributed by atoms with Crippen LogP contribution in [0.4, 0.5) is 5.95 Å². The average molecular weight is 400 g/mol. The summed E-state index contributed by atoms with van der Waals surface area (Å²) in [6.45, 7) is 2.92. The zero-order valence-electron chi connectivity index (χ0n) is 17.8. The fourth-order valence-corrected chi connectivity index (χ4v) is 5.15. The molecule has 0 saturated carbocycles. The molecule has 4 rings (SSSR count). The number of amides is 2. The summed E-state index contributed by atoms with van der Waals surface area (Å²) in [6.07, 6.45) is 10.3. The molecule has 7 heteroatoms. The largest absolute Gasteiger partial charge is 0.347 e. The summed E-state index contributed by atoms with van der Waals surface area (Å²) in [5, 5.41) is 0. The summed E-state index contributed by atoms with van der Waals surface area (Å²) in [6, 6.07) is 0. The zero-order valence-corrected chi connectivity index (χ0v) is 17.8. The predicted molar refractivity (Wildman–Crippen MR) is 112 cm³/mol. The maximum atomic E-state index is 13.0. The average Bonchev–Trinajstić information content (AvgIpc) is 2.92. The summed E-state index contributed by atoms with van der Waals surface area (Å²) in [5.41, 5.74) is 2.35. The highest BCUT2D eigenvalue weighted by molar-refractivity contribution is 5.79. The highest BCUT2D eigenvalue weighted by Crippen LogP contribution is 2.44. The summed E-state index contributed by atoms with van der Waals surface area (Å²) >= 11 is 0. The molecule has 2 aliphatic heterocycles. The molecule has 1 aliphatic carbocycles. The maximum Gasteiger partial charge on any atom is 0.225 e. The minimum absolute atomic E-state index is 0.0324. The van der Waals surface area contributed by atoms with Gasteiger partial charge < -0.3 is 14.7 Å². The first-order valence-corrected chi connectivity index (χ1v) is 11.1. The Bertz CT molecular complexity index is 776. The lowest BCUT2D eigenvalue weighted by Crippen LogP contribution is -2.48. The molecule has 1 aromatic rings. The third-order valence-electron chi connectivity index (χ3n) is 6.82. The van der Waals surface area contributed by atoms with Crippen LogP contribution in [0.1, 0.15) is 62.6 Å². The van der Waals surface area contributed by atoms with E-state index in [1.807, 2.05) is 35.0 Å². The van der Waals surface area contributed by atoms with E-state index in [0.29, 0.717) is 19.4 Å². The Kier molecular flexibility index (Phi) is 5.74. The second-order valence-electron chi connectivity index (χ2n) is 9.08. The lowest BCUT2D eigenvalue weighted by molar-refractivity contribution is -0.135. The van der Waals surface area contributed by atoms with Crippen molar-refractivity contribution in [3.05, 3.63) is 17.5 Å². The lowest BCUT2D eigenvalue weighted by Gasteiger charge is -2.41. The van der Waals surface area contributed by atoms with Gasteiger partial charge in [0.05, 0.1) is 5.69 Å². The number of aryl methyl sites for hydroxylation is 1. The molecule has 2 fully saturated rings. The normalized spacial score (nSPS) is 24.6. The molecule has 2 amide bonds. The number of anilines is 1. The van der Waals surface area contributed by atoms with Crippen molar-refractivity contribution < 1.29 is 9.59 Å². The molecule has 1 spiro atoms. The monoisotopic (exact) mass is 399 g/mol. The van der Waals surface area contributed by atoms with Crippen molar-refractivity contribution in [2.45, 2.75) is 63.2 Å². The van der Waals surface area contributed by atoms with Crippen LogP contribution in [0, 0.1) is 0 Å². The van der Waals surface area contributed by atoms with Crippen molar-refractivity contribution in [2.24, 2.45) is 0 Å². The van der Waals surface area contributed by atoms with E-state index < -0.39 is 0 Å². The third kappa shape index (κ3) is 4.09. The molecule has 1 aromatic heterocycles. The van der Waals surface area contributed by atoms with E-state index in [2.05, 4.69) is 4.98 Å². The summed E-state index contributed by atoms with van der Waals surface area (Å²) in [7, 11) is 3.92. The quantitative estimate of drug-likeness (QED) is 0.776. The van der Waals surface area contributed by atoms with Gasteiger partial charge in [0.15, 0.2) is 0 Å². The second-order valence-corrected chi connectivity index (χ2v) is 9.08. The summed E-state index contributed by atoms with van der Waals surface area (Å²) in [5.74, 6) is 1.13. The van der Waals surface area contributed by atoms with Crippen LogP contribution in [0.2, 0.25) is 0 Å². The molecule has 1 unspecified atom stereocenters. The van der Waals surface area contributed by atoms with Crippen molar-refractivity contribution in [1.82, 2.24) is 19.8 Å². The molecule has 3 aliphatic rings. The van der Waals surface area contributed by atoms with Gasteiger partial charge in [-0.25, -0.2) is 9.97 Å². The molecule has 0 radical (unpaired) electrons. The van der Waals surface area contributed by atoms with Crippen molar-refractivity contribution in [3.63, 3.8) is 0 Å². The zero-order chi connectivity index (χ0) is 20.4. The van der Waals surface area contributed by atoms with Crippen LogP contribution < -0.4 is 4.90 Å². The Labute approximate surface area is 173 Å². The first-order chi connectivity index (χ1) is 14.0. The molecule has 0 bridgehead atoms. The SMILES string of the molecule is CN(C)c1ncc2c(n1)C1(CCCN(C(=O)CCN3CCCCCC3=O)C1)CC2. The van der Waals surface area contributed by atoms with E-state index in [1.165, 1.54) is 5.56 Å². The maximum absolute atomic E-state index is 13.0. The van der Waals surface area contributed by atoms with Crippen molar-refractivity contribution in [2.75, 3.05) is 45.2 Å². The van der Waals surface area contributed by atoms with Gasteiger partial charge in [-0.2, -0.15) is 0 Å². The highest BCUT2D eigenvalue weighted by Gasteiger charge is 2.44. The van der Waals surface area contributed by atoms with Crippen molar-refractivity contribution in [1.29, 1.82) is 0 Å². The molecule has 3 heterocycles. The van der Waals surface area contributed by atoms with Crippen LogP contribution in [0.3, 0.4) is 0 Å². The molecular weight excluding hydrogens is 366 g/mol. The Hall–Kier alpha value is -2.18. The van der Waals surface area contributed by atoms with E-state index in [-0.39, 0.29) is 17.2 Å².